The molecular weight excluding hydrogens is 328 g/mol. The zero-order valence-corrected chi connectivity index (χ0v) is 14.7. The number of hydrogen-bond acceptors (Lipinski definition) is 5. The summed E-state index contributed by atoms with van der Waals surface area (Å²) in [6.07, 6.45) is 0. The Kier molecular flexibility index (Phi) is 4.45. The number of nitrogens with one attached hydrogen (secondary N) is 1. The lowest BCUT2D eigenvalue weighted by molar-refractivity contribution is 0.102. The van der Waals surface area contributed by atoms with Crippen LogP contribution in [0.25, 0.3) is 11.3 Å². The van der Waals surface area contributed by atoms with E-state index in [1.165, 1.54) is 11.3 Å². The molecule has 0 unspecified atom stereocenters. The van der Waals surface area contributed by atoms with Crippen molar-refractivity contribution >= 4 is 33.7 Å². The summed E-state index contributed by atoms with van der Waals surface area (Å²) in [5.74, 6) is 0.697. The van der Waals surface area contributed by atoms with Gasteiger partial charge in [0.25, 0.3) is 5.91 Å². The van der Waals surface area contributed by atoms with Gasteiger partial charge < -0.3 is 4.74 Å². The smallest absolute Gasteiger partial charge is 0.258 e. The van der Waals surface area contributed by atoms with Gasteiger partial charge in [-0.2, -0.15) is 0 Å². The van der Waals surface area contributed by atoms with Gasteiger partial charge in [0.1, 0.15) is 5.75 Å². The quantitative estimate of drug-likeness (QED) is 0.743. The van der Waals surface area contributed by atoms with Crippen molar-refractivity contribution in [2.24, 2.45) is 0 Å². The maximum Gasteiger partial charge on any atom is 0.258 e. The molecule has 0 saturated heterocycles. The van der Waals surface area contributed by atoms with Crippen molar-refractivity contribution in [2.45, 2.75) is 13.8 Å². The maximum atomic E-state index is 12.3. The first-order chi connectivity index (χ1) is 11.1. The van der Waals surface area contributed by atoms with Gasteiger partial charge in [-0.25, -0.2) is 4.98 Å². The van der Waals surface area contributed by atoms with Crippen molar-refractivity contribution in [2.75, 3.05) is 12.4 Å². The highest BCUT2D eigenvalue weighted by atomic mass is 32.1. The third-order valence-electron chi connectivity index (χ3n) is 3.40. The van der Waals surface area contributed by atoms with Crippen molar-refractivity contribution in [3.8, 4) is 17.0 Å². The van der Waals surface area contributed by atoms with Crippen LogP contribution in [0.4, 0.5) is 5.13 Å². The van der Waals surface area contributed by atoms with Gasteiger partial charge in [-0.1, -0.05) is 0 Å². The van der Waals surface area contributed by atoms with Crippen molar-refractivity contribution in [1.82, 2.24) is 4.98 Å². The summed E-state index contributed by atoms with van der Waals surface area (Å²) in [4.78, 5) is 19.0. The summed E-state index contributed by atoms with van der Waals surface area (Å²) in [6, 6.07) is 9.60. The van der Waals surface area contributed by atoms with Crippen LogP contribution in [0.15, 0.2) is 35.7 Å². The van der Waals surface area contributed by atoms with E-state index in [9.17, 15) is 4.79 Å². The Hall–Kier alpha value is -2.18. The van der Waals surface area contributed by atoms with Gasteiger partial charge >= 0.3 is 0 Å². The number of amides is 1. The molecule has 1 amide bonds. The van der Waals surface area contributed by atoms with Crippen molar-refractivity contribution < 1.29 is 9.53 Å². The number of thiazole rings is 1. The van der Waals surface area contributed by atoms with Crippen LogP contribution < -0.4 is 10.1 Å². The monoisotopic (exact) mass is 344 g/mol. The van der Waals surface area contributed by atoms with Gasteiger partial charge in [-0.15, -0.1) is 22.7 Å². The molecule has 0 fully saturated rings. The molecular formula is C17H16N2O2S2. The topological polar surface area (TPSA) is 51.2 Å². The highest BCUT2D eigenvalue weighted by Crippen LogP contribution is 2.27. The molecule has 118 valence electrons. The molecule has 0 spiro atoms. The third kappa shape index (κ3) is 3.43. The van der Waals surface area contributed by atoms with E-state index >= 15 is 0 Å². The number of benzene rings is 1. The fourth-order valence-electron chi connectivity index (χ4n) is 2.25. The number of rotatable bonds is 4. The molecule has 0 aliphatic rings. The second-order valence-electron chi connectivity index (χ2n) is 5.05. The first-order valence-corrected chi connectivity index (χ1v) is 8.75. The molecule has 0 bridgehead atoms. The Morgan fingerprint density at radius 2 is 1.96 bits per heavy atom. The molecule has 6 heteroatoms. The van der Waals surface area contributed by atoms with Gasteiger partial charge in [0.2, 0.25) is 0 Å². The van der Waals surface area contributed by atoms with Crippen molar-refractivity contribution in [1.29, 1.82) is 0 Å². The van der Waals surface area contributed by atoms with Gasteiger partial charge in [0.15, 0.2) is 5.13 Å². The molecule has 0 aliphatic heterocycles. The summed E-state index contributed by atoms with van der Waals surface area (Å²) in [5, 5.41) is 5.41. The average Bonchev–Trinajstić information content (AvgIpc) is 3.13. The third-order valence-corrected chi connectivity index (χ3v) is 5.12. The van der Waals surface area contributed by atoms with Crippen LogP contribution in [0, 0.1) is 13.8 Å². The fourth-order valence-corrected chi connectivity index (χ4v) is 3.88. The van der Waals surface area contributed by atoms with E-state index in [1.54, 1.807) is 18.4 Å². The lowest BCUT2D eigenvalue weighted by atomic mass is 10.2. The molecule has 2 aromatic heterocycles. The first-order valence-electron chi connectivity index (χ1n) is 7.05. The number of aromatic nitrogens is 1. The zero-order valence-electron chi connectivity index (χ0n) is 13.0. The van der Waals surface area contributed by atoms with Crippen LogP contribution >= 0.6 is 22.7 Å². The fraction of sp³-hybridized carbons (Fsp3) is 0.176. The minimum Gasteiger partial charge on any atom is -0.497 e. The summed E-state index contributed by atoms with van der Waals surface area (Å²) in [5.41, 5.74) is 2.55. The Morgan fingerprint density at radius 1 is 1.22 bits per heavy atom. The second kappa shape index (κ2) is 6.52. The number of aryl methyl sites for hydroxylation is 2. The maximum absolute atomic E-state index is 12.3. The predicted molar refractivity (Wildman–Crippen MR) is 95.8 cm³/mol. The number of thiophene rings is 1. The molecule has 1 N–H and O–H groups in total. The number of carbonyl (C=O) groups is 1. The lowest BCUT2D eigenvalue weighted by Crippen LogP contribution is -2.11. The van der Waals surface area contributed by atoms with E-state index in [-0.39, 0.29) is 5.91 Å². The number of nitrogens with zero attached hydrogens (tertiary/aromatic N) is 1. The van der Waals surface area contributed by atoms with E-state index in [1.807, 2.05) is 49.6 Å². The molecule has 23 heavy (non-hydrogen) atoms. The number of hydrogen-bond donors (Lipinski definition) is 1. The first kappa shape index (κ1) is 15.7. The number of methoxy groups -OCH3 is 1. The Balaban J connectivity index is 1.76. The van der Waals surface area contributed by atoms with E-state index in [0.29, 0.717) is 10.7 Å². The van der Waals surface area contributed by atoms with Crippen LogP contribution in [0.1, 0.15) is 20.1 Å². The van der Waals surface area contributed by atoms with Crippen molar-refractivity contribution in [3.63, 3.8) is 0 Å². The summed E-state index contributed by atoms with van der Waals surface area (Å²) in [7, 11) is 1.64. The highest BCUT2D eigenvalue weighted by Gasteiger charge is 2.14. The largest absolute Gasteiger partial charge is 0.497 e. The average molecular weight is 344 g/mol. The molecule has 1 aromatic carbocycles. The highest BCUT2D eigenvalue weighted by molar-refractivity contribution is 7.14. The molecule has 0 aliphatic carbocycles. The standard InChI is InChI=1S/C17H16N2O2S2/c1-10-8-14(11(2)23-10)16(20)19-17-18-15(9-22-17)12-4-6-13(21-3)7-5-12/h4-9H,1-3H3,(H,18,19,20). The van der Waals surface area contributed by atoms with E-state index in [2.05, 4.69) is 10.3 Å². The Morgan fingerprint density at radius 3 is 2.57 bits per heavy atom. The van der Waals surface area contributed by atoms with Gasteiger partial charge in [-0.05, 0) is 44.2 Å². The molecule has 2 heterocycles. The van der Waals surface area contributed by atoms with Gasteiger partial charge in [0.05, 0.1) is 18.4 Å². The molecule has 4 nitrogen and oxygen atoms in total. The van der Waals surface area contributed by atoms with E-state index in [0.717, 1.165) is 26.8 Å². The Bertz CT molecular complexity index is 835. The summed E-state index contributed by atoms with van der Waals surface area (Å²) in [6.45, 7) is 3.96. The lowest BCUT2D eigenvalue weighted by Gasteiger charge is -2.01. The van der Waals surface area contributed by atoms with E-state index < -0.39 is 0 Å². The predicted octanol–water partition coefficient (Wildman–Crippen LogP) is 4.75. The molecule has 3 aromatic rings. The van der Waals surface area contributed by atoms with Crippen LogP contribution in [-0.2, 0) is 0 Å². The van der Waals surface area contributed by atoms with E-state index in [4.69, 9.17) is 4.74 Å². The zero-order chi connectivity index (χ0) is 16.4. The van der Waals surface area contributed by atoms with Crippen LogP contribution in [0.3, 0.4) is 0 Å². The SMILES string of the molecule is COc1ccc(-c2csc(NC(=O)c3cc(C)sc3C)n2)cc1. The normalized spacial score (nSPS) is 10.6. The second-order valence-corrected chi connectivity index (χ2v) is 7.37. The molecule has 0 saturated carbocycles. The molecule has 0 atom stereocenters. The van der Waals surface area contributed by atoms with Crippen LogP contribution in [-0.4, -0.2) is 18.0 Å². The number of ether oxygens (including phenoxy) is 1. The number of carbonyl (C=O) groups excluding carboxylic acids is 1. The minimum absolute atomic E-state index is 0.109. The minimum atomic E-state index is -0.109. The van der Waals surface area contributed by atoms with Crippen LogP contribution in [0.5, 0.6) is 5.75 Å². The van der Waals surface area contributed by atoms with Crippen molar-refractivity contribution in [3.05, 3.63) is 51.0 Å². The number of anilines is 1. The molecule has 0 radical (unpaired) electrons. The van der Waals surface area contributed by atoms with Gasteiger partial charge in [-0.3, -0.25) is 10.1 Å². The molecule has 3 rings (SSSR count). The summed E-state index contributed by atoms with van der Waals surface area (Å²) < 4.78 is 5.15. The van der Waals surface area contributed by atoms with Gasteiger partial charge in [0, 0.05) is 20.7 Å². The Labute approximate surface area is 142 Å². The summed E-state index contributed by atoms with van der Waals surface area (Å²) >= 11 is 3.04. The van der Waals surface area contributed by atoms with Crippen LogP contribution in [0.2, 0.25) is 0 Å².